The predicted octanol–water partition coefficient (Wildman–Crippen LogP) is 4.07. The maximum absolute atomic E-state index is 5.57. The largest absolute Gasteiger partial charge is 0.359 e. The SMILES string of the molecule is CC(C#CN)(C1CCCCC1)C1CCCCC1. The van der Waals surface area contributed by atoms with E-state index in [-0.39, 0.29) is 5.41 Å². The zero-order valence-corrected chi connectivity index (χ0v) is 11.3. The molecule has 0 saturated heterocycles. The van der Waals surface area contributed by atoms with E-state index in [1.54, 1.807) is 0 Å². The van der Waals surface area contributed by atoms with Crippen LogP contribution in [-0.2, 0) is 0 Å². The Morgan fingerprint density at radius 2 is 1.24 bits per heavy atom. The summed E-state index contributed by atoms with van der Waals surface area (Å²) in [6.45, 7) is 2.40. The molecule has 2 fully saturated rings. The van der Waals surface area contributed by atoms with Gasteiger partial charge in [-0.05, 0) is 44.4 Å². The second-order valence-corrected chi connectivity index (χ2v) is 6.22. The molecule has 1 nitrogen and oxygen atoms in total. The van der Waals surface area contributed by atoms with Gasteiger partial charge in [-0.15, -0.1) is 0 Å². The molecule has 2 saturated carbocycles. The van der Waals surface area contributed by atoms with E-state index < -0.39 is 0 Å². The summed E-state index contributed by atoms with van der Waals surface area (Å²) in [4.78, 5) is 0. The van der Waals surface area contributed by atoms with Gasteiger partial charge in [-0.3, -0.25) is 0 Å². The van der Waals surface area contributed by atoms with Gasteiger partial charge in [0.1, 0.15) is 0 Å². The number of hydrogen-bond donors (Lipinski definition) is 1. The molecule has 0 radical (unpaired) electrons. The zero-order chi connectivity index (χ0) is 12.1. The Bertz CT molecular complexity index is 266. The van der Waals surface area contributed by atoms with Crippen LogP contribution in [0.2, 0.25) is 0 Å². The quantitative estimate of drug-likeness (QED) is 0.564. The molecule has 0 spiro atoms. The molecular weight excluding hydrogens is 206 g/mol. The molecular formula is C16H27N. The lowest BCUT2D eigenvalue weighted by Gasteiger charge is -2.43. The third-order valence-electron chi connectivity index (χ3n) is 5.25. The minimum Gasteiger partial charge on any atom is -0.359 e. The fraction of sp³-hybridized carbons (Fsp3) is 0.875. The van der Waals surface area contributed by atoms with Crippen LogP contribution < -0.4 is 5.73 Å². The fourth-order valence-electron chi connectivity index (χ4n) is 4.10. The van der Waals surface area contributed by atoms with Crippen molar-refractivity contribution in [2.75, 3.05) is 0 Å². The van der Waals surface area contributed by atoms with Crippen LogP contribution in [0.5, 0.6) is 0 Å². The summed E-state index contributed by atoms with van der Waals surface area (Å²) in [5.74, 6) is 5.03. The molecule has 96 valence electrons. The van der Waals surface area contributed by atoms with Gasteiger partial charge in [0, 0.05) is 11.5 Å². The molecule has 1 heteroatoms. The third kappa shape index (κ3) is 2.79. The summed E-state index contributed by atoms with van der Waals surface area (Å²) in [5.41, 5.74) is 5.77. The van der Waals surface area contributed by atoms with Crippen molar-refractivity contribution in [3.05, 3.63) is 0 Å². The van der Waals surface area contributed by atoms with E-state index in [2.05, 4.69) is 18.9 Å². The van der Waals surface area contributed by atoms with E-state index in [4.69, 9.17) is 5.73 Å². The Labute approximate surface area is 107 Å². The average Bonchev–Trinajstić information content (AvgIpc) is 2.41. The lowest BCUT2D eigenvalue weighted by atomic mass is 9.60. The highest BCUT2D eigenvalue weighted by molar-refractivity contribution is 5.13. The van der Waals surface area contributed by atoms with E-state index in [0.717, 1.165) is 11.8 Å². The maximum Gasteiger partial charge on any atom is 0.0361 e. The molecule has 0 aromatic rings. The van der Waals surface area contributed by atoms with Gasteiger partial charge in [0.2, 0.25) is 0 Å². The maximum atomic E-state index is 5.57. The van der Waals surface area contributed by atoms with E-state index >= 15 is 0 Å². The van der Waals surface area contributed by atoms with E-state index in [9.17, 15) is 0 Å². The molecule has 0 atom stereocenters. The summed E-state index contributed by atoms with van der Waals surface area (Å²) in [7, 11) is 0. The predicted molar refractivity (Wildman–Crippen MR) is 73.2 cm³/mol. The molecule has 2 aliphatic carbocycles. The Balaban J connectivity index is 2.13. The van der Waals surface area contributed by atoms with E-state index in [1.807, 2.05) is 0 Å². The van der Waals surface area contributed by atoms with Crippen LogP contribution in [0, 0.1) is 29.2 Å². The molecule has 0 unspecified atom stereocenters. The van der Waals surface area contributed by atoms with Crippen LogP contribution in [0.3, 0.4) is 0 Å². The van der Waals surface area contributed by atoms with Gasteiger partial charge in [0.25, 0.3) is 0 Å². The van der Waals surface area contributed by atoms with Gasteiger partial charge in [-0.1, -0.05) is 44.4 Å². The van der Waals surface area contributed by atoms with Crippen molar-refractivity contribution in [2.45, 2.75) is 71.1 Å². The average molecular weight is 233 g/mol. The van der Waals surface area contributed by atoms with Gasteiger partial charge in [0.15, 0.2) is 0 Å². The van der Waals surface area contributed by atoms with Crippen molar-refractivity contribution < 1.29 is 0 Å². The first-order chi connectivity index (χ1) is 8.27. The van der Waals surface area contributed by atoms with Gasteiger partial charge >= 0.3 is 0 Å². The molecule has 2 N–H and O–H groups in total. The van der Waals surface area contributed by atoms with Crippen LogP contribution in [0.15, 0.2) is 0 Å². The third-order valence-corrected chi connectivity index (χ3v) is 5.25. The fourth-order valence-corrected chi connectivity index (χ4v) is 4.10. The van der Waals surface area contributed by atoms with Crippen molar-refractivity contribution in [3.8, 4) is 12.0 Å². The molecule has 2 aliphatic rings. The standard InChI is InChI=1S/C16H27N/c1-16(12-13-17,14-8-4-2-5-9-14)15-10-6-3-7-11-15/h14-15H,2-11,17H2,1H3. The molecule has 2 rings (SSSR count). The molecule has 0 amide bonds. The van der Waals surface area contributed by atoms with Crippen LogP contribution in [0.1, 0.15) is 71.1 Å². The Morgan fingerprint density at radius 1 is 0.824 bits per heavy atom. The molecule has 0 aromatic heterocycles. The number of rotatable bonds is 2. The van der Waals surface area contributed by atoms with Crippen molar-refractivity contribution in [2.24, 2.45) is 23.0 Å². The van der Waals surface area contributed by atoms with Gasteiger partial charge in [0.05, 0.1) is 0 Å². The van der Waals surface area contributed by atoms with Crippen LogP contribution in [0.25, 0.3) is 0 Å². The van der Waals surface area contributed by atoms with Crippen LogP contribution >= 0.6 is 0 Å². The lowest BCUT2D eigenvalue weighted by molar-refractivity contribution is 0.0964. The monoisotopic (exact) mass is 233 g/mol. The number of hydrogen-bond acceptors (Lipinski definition) is 1. The minimum absolute atomic E-state index is 0.204. The van der Waals surface area contributed by atoms with E-state index in [1.165, 1.54) is 64.2 Å². The Morgan fingerprint density at radius 3 is 1.59 bits per heavy atom. The van der Waals surface area contributed by atoms with Gasteiger partial charge in [-0.25, -0.2) is 0 Å². The minimum atomic E-state index is 0.204. The summed E-state index contributed by atoms with van der Waals surface area (Å²) < 4.78 is 0. The molecule has 17 heavy (non-hydrogen) atoms. The molecule has 0 heterocycles. The first-order valence-corrected chi connectivity index (χ1v) is 7.50. The van der Waals surface area contributed by atoms with E-state index in [0.29, 0.717) is 0 Å². The Kier molecular flexibility index (Phi) is 4.37. The summed E-state index contributed by atoms with van der Waals surface area (Å²) in [6, 6.07) is 2.75. The van der Waals surface area contributed by atoms with Gasteiger partial charge in [-0.2, -0.15) is 0 Å². The van der Waals surface area contributed by atoms with Crippen LogP contribution in [-0.4, -0.2) is 0 Å². The highest BCUT2D eigenvalue weighted by Crippen LogP contribution is 2.48. The van der Waals surface area contributed by atoms with Crippen molar-refractivity contribution >= 4 is 0 Å². The first-order valence-electron chi connectivity index (χ1n) is 7.50. The first kappa shape index (κ1) is 12.8. The summed E-state index contributed by atoms with van der Waals surface area (Å²) in [5, 5.41) is 0. The van der Waals surface area contributed by atoms with Crippen LogP contribution in [0.4, 0.5) is 0 Å². The zero-order valence-electron chi connectivity index (χ0n) is 11.3. The number of nitrogens with two attached hydrogens (primary N) is 1. The second kappa shape index (κ2) is 5.80. The highest BCUT2D eigenvalue weighted by atomic mass is 14.5. The molecule has 0 aliphatic heterocycles. The lowest BCUT2D eigenvalue weighted by Crippen LogP contribution is -2.36. The van der Waals surface area contributed by atoms with Crippen molar-refractivity contribution in [3.63, 3.8) is 0 Å². The summed E-state index contributed by atoms with van der Waals surface area (Å²) in [6.07, 6.45) is 14.0. The Hall–Kier alpha value is -0.640. The molecule has 0 aromatic carbocycles. The molecule has 0 bridgehead atoms. The highest BCUT2D eigenvalue weighted by Gasteiger charge is 2.40. The van der Waals surface area contributed by atoms with Crippen molar-refractivity contribution in [1.29, 1.82) is 0 Å². The smallest absolute Gasteiger partial charge is 0.0361 e. The normalized spacial score (nSPS) is 24.1. The topological polar surface area (TPSA) is 26.0 Å². The summed E-state index contributed by atoms with van der Waals surface area (Å²) >= 11 is 0. The van der Waals surface area contributed by atoms with Crippen molar-refractivity contribution in [1.82, 2.24) is 0 Å². The van der Waals surface area contributed by atoms with Gasteiger partial charge < -0.3 is 5.73 Å². The second-order valence-electron chi connectivity index (χ2n) is 6.22.